The average molecular weight is 312 g/mol. The van der Waals surface area contributed by atoms with Crippen LogP contribution in [-0.2, 0) is 4.79 Å². The zero-order valence-electron chi connectivity index (χ0n) is 12.7. The first-order valence-corrected chi connectivity index (χ1v) is 7.59. The van der Waals surface area contributed by atoms with Crippen LogP contribution in [-0.4, -0.2) is 23.4 Å². The van der Waals surface area contributed by atoms with Gasteiger partial charge in [-0.25, -0.2) is 5.01 Å². The van der Waals surface area contributed by atoms with Gasteiger partial charge in [0.25, 0.3) is 0 Å². The number of carbonyl (C=O) groups is 1. The Hall–Kier alpha value is -2.76. The number of hydrogen-bond donors (Lipinski definition) is 0. The molecule has 23 heavy (non-hydrogen) atoms. The maximum absolute atomic E-state index is 12.2. The normalized spacial score (nSPS) is 19.1. The van der Waals surface area contributed by atoms with Crippen molar-refractivity contribution in [3.63, 3.8) is 0 Å². The van der Waals surface area contributed by atoms with Crippen molar-refractivity contribution >= 4 is 11.6 Å². The SMILES string of the molecule is CCC(=O)N1N=C(c2ccc3c(c2)OCO3)CC1c1ccco1. The van der Waals surface area contributed by atoms with Crippen molar-refractivity contribution in [3.8, 4) is 11.5 Å². The Morgan fingerprint density at radius 3 is 2.96 bits per heavy atom. The lowest BCUT2D eigenvalue weighted by molar-refractivity contribution is -0.133. The second kappa shape index (κ2) is 5.46. The average Bonchev–Trinajstić information content (AvgIpc) is 3.31. The molecular weight excluding hydrogens is 296 g/mol. The molecule has 1 unspecified atom stereocenters. The number of rotatable bonds is 3. The lowest BCUT2D eigenvalue weighted by Crippen LogP contribution is -2.25. The Balaban J connectivity index is 1.68. The van der Waals surface area contributed by atoms with Crippen LogP contribution in [0.5, 0.6) is 11.5 Å². The number of amides is 1. The number of benzene rings is 1. The van der Waals surface area contributed by atoms with E-state index in [9.17, 15) is 4.79 Å². The van der Waals surface area contributed by atoms with Crippen LogP contribution in [0.15, 0.2) is 46.1 Å². The molecule has 0 spiro atoms. The van der Waals surface area contributed by atoms with Crippen molar-refractivity contribution < 1.29 is 18.7 Å². The number of furan rings is 1. The number of hydrazone groups is 1. The highest BCUT2D eigenvalue weighted by molar-refractivity contribution is 6.03. The van der Waals surface area contributed by atoms with Crippen molar-refractivity contribution in [1.82, 2.24) is 5.01 Å². The largest absolute Gasteiger partial charge is 0.467 e. The molecule has 6 nitrogen and oxygen atoms in total. The van der Waals surface area contributed by atoms with Gasteiger partial charge in [0.15, 0.2) is 11.5 Å². The van der Waals surface area contributed by atoms with Crippen LogP contribution >= 0.6 is 0 Å². The third kappa shape index (κ3) is 2.36. The summed E-state index contributed by atoms with van der Waals surface area (Å²) in [6.07, 6.45) is 2.62. The summed E-state index contributed by atoms with van der Waals surface area (Å²) in [4.78, 5) is 12.2. The highest BCUT2D eigenvalue weighted by Crippen LogP contribution is 2.37. The van der Waals surface area contributed by atoms with Gasteiger partial charge in [0.2, 0.25) is 12.7 Å². The molecule has 0 radical (unpaired) electrons. The van der Waals surface area contributed by atoms with Crippen LogP contribution < -0.4 is 9.47 Å². The first-order valence-electron chi connectivity index (χ1n) is 7.59. The Morgan fingerprint density at radius 2 is 2.17 bits per heavy atom. The van der Waals surface area contributed by atoms with Gasteiger partial charge in [0.1, 0.15) is 11.8 Å². The van der Waals surface area contributed by atoms with Crippen LogP contribution in [0, 0.1) is 0 Å². The summed E-state index contributed by atoms with van der Waals surface area (Å²) in [6, 6.07) is 9.21. The smallest absolute Gasteiger partial charge is 0.243 e. The fourth-order valence-corrected chi connectivity index (χ4v) is 2.86. The number of carbonyl (C=O) groups excluding carboxylic acids is 1. The van der Waals surface area contributed by atoms with Gasteiger partial charge in [0, 0.05) is 18.4 Å². The van der Waals surface area contributed by atoms with Gasteiger partial charge in [-0.05, 0) is 30.3 Å². The van der Waals surface area contributed by atoms with Gasteiger partial charge < -0.3 is 13.9 Å². The van der Waals surface area contributed by atoms with E-state index < -0.39 is 0 Å². The minimum atomic E-state index is -0.196. The van der Waals surface area contributed by atoms with E-state index in [0.29, 0.717) is 18.6 Å². The molecule has 2 aromatic rings. The van der Waals surface area contributed by atoms with Crippen molar-refractivity contribution in [2.75, 3.05) is 6.79 Å². The van der Waals surface area contributed by atoms with Crippen LogP contribution in [0.2, 0.25) is 0 Å². The van der Waals surface area contributed by atoms with E-state index in [1.165, 1.54) is 5.01 Å². The fraction of sp³-hybridized carbons (Fsp3) is 0.294. The van der Waals surface area contributed by atoms with Crippen LogP contribution in [0.25, 0.3) is 0 Å². The molecule has 2 aliphatic heterocycles. The number of hydrogen-bond acceptors (Lipinski definition) is 5. The number of ether oxygens (including phenoxy) is 2. The minimum absolute atomic E-state index is 0.0258. The maximum atomic E-state index is 12.2. The predicted octanol–water partition coefficient (Wildman–Crippen LogP) is 3.10. The summed E-state index contributed by atoms with van der Waals surface area (Å²) in [7, 11) is 0. The van der Waals surface area contributed by atoms with Gasteiger partial charge in [0.05, 0.1) is 12.0 Å². The molecule has 4 rings (SSSR count). The molecule has 3 heterocycles. The Bertz CT molecular complexity index is 767. The second-order valence-electron chi connectivity index (χ2n) is 5.44. The molecule has 118 valence electrons. The molecule has 1 aromatic carbocycles. The monoisotopic (exact) mass is 312 g/mol. The Kier molecular flexibility index (Phi) is 3.29. The Labute approximate surface area is 133 Å². The highest BCUT2D eigenvalue weighted by atomic mass is 16.7. The molecule has 0 saturated heterocycles. The third-order valence-corrected chi connectivity index (χ3v) is 4.05. The molecule has 0 aliphatic carbocycles. The summed E-state index contributed by atoms with van der Waals surface area (Å²) < 4.78 is 16.2. The molecule has 1 aromatic heterocycles. The quantitative estimate of drug-likeness (QED) is 0.873. The van der Waals surface area contributed by atoms with Gasteiger partial charge in [-0.3, -0.25) is 4.79 Å². The lowest BCUT2D eigenvalue weighted by Gasteiger charge is -2.18. The lowest BCUT2D eigenvalue weighted by atomic mass is 10.0. The first-order chi connectivity index (χ1) is 11.3. The van der Waals surface area contributed by atoms with E-state index in [-0.39, 0.29) is 18.7 Å². The van der Waals surface area contributed by atoms with Gasteiger partial charge >= 0.3 is 0 Å². The van der Waals surface area contributed by atoms with E-state index in [0.717, 1.165) is 22.8 Å². The molecule has 6 heteroatoms. The summed E-state index contributed by atoms with van der Waals surface area (Å²) in [6.45, 7) is 2.07. The first kappa shape index (κ1) is 13.9. The number of nitrogens with zero attached hydrogens (tertiary/aromatic N) is 2. The Morgan fingerprint density at radius 1 is 1.30 bits per heavy atom. The van der Waals surface area contributed by atoms with Gasteiger partial charge in [-0.1, -0.05) is 6.92 Å². The molecule has 0 N–H and O–H groups in total. The van der Waals surface area contributed by atoms with Crippen LogP contribution in [0.4, 0.5) is 0 Å². The van der Waals surface area contributed by atoms with Crippen molar-refractivity contribution in [3.05, 3.63) is 47.9 Å². The fourth-order valence-electron chi connectivity index (χ4n) is 2.86. The standard InChI is InChI=1S/C17H16N2O4/c1-2-17(20)19-13(14-4-3-7-21-14)9-12(18-19)11-5-6-15-16(8-11)23-10-22-15/h3-8,13H,2,9-10H2,1H3. The molecule has 1 amide bonds. The molecule has 1 atom stereocenters. The molecule has 0 saturated carbocycles. The van der Waals surface area contributed by atoms with E-state index in [4.69, 9.17) is 13.9 Å². The predicted molar refractivity (Wildman–Crippen MR) is 82.3 cm³/mol. The maximum Gasteiger partial charge on any atom is 0.243 e. The highest BCUT2D eigenvalue weighted by Gasteiger charge is 2.34. The molecular formula is C17H16N2O4. The summed E-state index contributed by atoms with van der Waals surface area (Å²) >= 11 is 0. The summed E-state index contributed by atoms with van der Waals surface area (Å²) in [5, 5.41) is 6.06. The third-order valence-electron chi connectivity index (χ3n) is 4.05. The minimum Gasteiger partial charge on any atom is -0.467 e. The van der Waals surface area contributed by atoms with E-state index in [1.54, 1.807) is 6.26 Å². The van der Waals surface area contributed by atoms with Crippen LogP contribution in [0.3, 0.4) is 0 Å². The van der Waals surface area contributed by atoms with E-state index in [1.807, 2.05) is 37.3 Å². The van der Waals surface area contributed by atoms with E-state index >= 15 is 0 Å². The summed E-state index contributed by atoms with van der Waals surface area (Å²) in [5.74, 6) is 2.16. The van der Waals surface area contributed by atoms with Crippen molar-refractivity contribution in [2.45, 2.75) is 25.8 Å². The molecule has 2 aliphatic rings. The number of fused-ring (bicyclic) bond motifs is 1. The van der Waals surface area contributed by atoms with Crippen LogP contribution in [0.1, 0.15) is 37.1 Å². The topological polar surface area (TPSA) is 64.3 Å². The summed E-state index contributed by atoms with van der Waals surface area (Å²) in [5.41, 5.74) is 1.77. The van der Waals surface area contributed by atoms with Crippen molar-refractivity contribution in [1.29, 1.82) is 0 Å². The van der Waals surface area contributed by atoms with Crippen molar-refractivity contribution in [2.24, 2.45) is 5.10 Å². The zero-order valence-corrected chi connectivity index (χ0v) is 12.7. The van der Waals surface area contributed by atoms with Gasteiger partial charge in [-0.15, -0.1) is 0 Å². The molecule has 0 fully saturated rings. The van der Waals surface area contributed by atoms with Gasteiger partial charge in [-0.2, -0.15) is 5.10 Å². The second-order valence-corrected chi connectivity index (χ2v) is 5.44. The molecule has 0 bridgehead atoms. The van der Waals surface area contributed by atoms with E-state index in [2.05, 4.69) is 5.10 Å². The zero-order chi connectivity index (χ0) is 15.8.